The summed E-state index contributed by atoms with van der Waals surface area (Å²) in [5.74, 6) is -0.385. The van der Waals surface area contributed by atoms with Crippen LogP contribution >= 0.6 is 0 Å². The predicted octanol–water partition coefficient (Wildman–Crippen LogP) is 3.33. The van der Waals surface area contributed by atoms with Gasteiger partial charge < -0.3 is 19.5 Å². The molecule has 1 aromatic rings. The van der Waals surface area contributed by atoms with Crippen molar-refractivity contribution in [1.29, 1.82) is 0 Å². The van der Waals surface area contributed by atoms with E-state index in [0.29, 0.717) is 12.1 Å². The van der Waals surface area contributed by atoms with Crippen LogP contribution in [0.25, 0.3) is 0 Å². The second-order valence-electron chi connectivity index (χ2n) is 7.43. The summed E-state index contributed by atoms with van der Waals surface area (Å²) in [5.41, 5.74) is 0.729. The van der Waals surface area contributed by atoms with Gasteiger partial charge in [0.15, 0.2) is 0 Å². The Morgan fingerprint density at radius 2 is 2.12 bits per heavy atom. The molecule has 2 heterocycles. The van der Waals surface area contributed by atoms with Crippen molar-refractivity contribution in [3.63, 3.8) is 0 Å². The summed E-state index contributed by atoms with van der Waals surface area (Å²) in [5, 5.41) is 10.1. The van der Waals surface area contributed by atoms with E-state index < -0.39 is 11.7 Å². The van der Waals surface area contributed by atoms with E-state index in [1.54, 1.807) is 11.0 Å². The van der Waals surface area contributed by atoms with Crippen LogP contribution in [0, 0.1) is 5.82 Å². The number of amides is 1. The molecular formula is C18H24FNO4. The number of hydrogen-bond donors (Lipinski definition) is 1. The van der Waals surface area contributed by atoms with Crippen molar-refractivity contribution in [2.24, 2.45) is 0 Å². The van der Waals surface area contributed by atoms with Crippen LogP contribution in [0.15, 0.2) is 18.2 Å². The summed E-state index contributed by atoms with van der Waals surface area (Å²) < 4.78 is 24.8. The van der Waals surface area contributed by atoms with Gasteiger partial charge in [-0.05, 0) is 56.9 Å². The molecule has 3 rings (SSSR count). The van der Waals surface area contributed by atoms with Gasteiger partial charge in [0.2, 0.25) is 0 Å². The first-order valence-electron chi connectivity index (χ1n) is 8.35. The second kappa shape index (κ2) is 6.33. The molecule has 132 valence electrons. The van der Waals surface area contributed by atoms with Gasteiger partial charge in [0, 0.05) is 6.54 Å². The summed E-state index contributed by atoms with van der Waals surface area (Å²) in [6, 6.07) is 4.18. The standard InChI is InChI=1S/C18H24FNO4/c1-18(2,3)24-17(22)20-8-4-5-14(20)16-12-7-6-11(19)9-13(12)15(21)10-23-16/h6-7,9,14-16,21H,4-5,8,10H2,1-3H3/t14-,15?,16?/m0/s1. The van der Waals surface area contributed by atoms with Crippen LogP contribution in [-0.2, 0) is 9.47 Å². The largest absolute Gasteiger partial charge is 0.444 e. The zero-order valence-corrected chi connectivity index (χ0v) is 14.3. The van der Waals surface area contributed by atoms with Crippen LogP contribution in [0.3, 0.4) is 0 Å². The minimum atomic E-state index is -0.844. The number of carbonyl (C=O) groups excluding carboxylic acids is 1. The fourth-order valence-corrected chi connectivity index (χ4v) is 3.44. The molecule has 5 nitrogen and oxygen atoms in total. The van der Waals surface area contributed by atoms with Crippen LogP contribution in [0.5, 0.6) is 0 Å². The number of aliphatic hydroxyl groups is 1. The van der Waals surface area contributed by atoms with E-state index in [0.717, 1.165) is 18.4 Å². The molecule has 2 aliphatic rings. The molecule has 3 atom stereocenters. The summed E-state index contributed by atoms with van der Waals surface area (Å²) in [4.78, 5) is 14.2. The Morgan fingerprint density at radius 3 is 2.83 bits per heavy atom. The molecule has 1 aromatic carbocycles. The highest BCUT2D eigenvalue weighted by molar-refractivity contribution is 5.69. The van der Waals surface area contributed by atoms with E-state index >= 15 is 0 Å². The molecule has 0 aromatic heterocycles. The quantitative estimate of drug-likeness (QED) is 0.854. The Bertz CT molecular complexity index is 628. The number of carbonyl (C=O) groups is 1. The Balaban J connectivity index is 1.86. The third-order valence-electron chi connectivity index (χ3n) is 4.42. The third kappa shape index (κ3) is 3.39. The van der Waals surface area contributed by atoms with Gasteiger partial charge >= 0.3 is 6.09 Å². The van der Waals surface area contributed by atoms with E-state index in [1.165, 1.54) is 12.1 Å². The lowest BCUT2D eigenvalue weighted by molar-refractivity contribution is -0.0641. The third-order valence-corrected chi connectivity index (χ3v) is 4.42. The zero-order chi connectivity index (χ0) is 17.5. The molecule has 1 N–H and O–H groups in total. The van der Waals surface area contributed by atoms with Gasteiger partial charge in [0.25, 0.3) is 0 Å². The molecule has 0 saturated carbocycles. The maximum absolute atomic E-state index is 13.5. The fourth-order valence-electron chi connectivity index (χ4n) is 3.44. The number of rotatable bonds is 1. The number of likely N-dealkylation sites (tertiary alicyclic amines) is 1. The van der Waals surface area contributed by atoms with Crippen molar-refractivity contribution in [3.8, 4) is 0 Å². The van der Waals surface area contributed by atoms with Crippen molar-refractivity contribution in [1.82, 2.24) is 4.90 Å². The summed E-state index contributed by atoms with van der Waals surface area (Å²) in [6.07, 6.45) is 0.0744. The Kier molecular flexibility index (Phi) is 4.53. The average molecular weight is 337 g/mol. The number of aliphatic hydroxyl groups excluding tert-OH is 1. The van der Waals surface area contributed by atoms with Crippen molar-refractivity contribution in [2.75, 3.05) is 13.2 Å². The van der Waals surface area contributed by atoms with Gasteiger partial charge in [0.05, 0.1) is 12.6 Å². The fraction of sp³-hybridized carbons (Fsp3) is 0.611. The normalized spacial score (nSPS) is 27.0. The zero-order valence-electron chi connectivity index (χ0n) is 14.3. The number of fused-ring (bicyclic) bond motifs is 1. The van der Waals surface area contributed by atoms with Gasteiger partial charge in [-0.2, -0.15) is 0 Å². The highest BCUT2D eigenvalue weighted by Crippen LogP contribution is 2.40. The van der Waals surface area contributed by atoms with Crippen LogP contribution in [0.2, 0.25) is 0 Å². The topological polar surface area (TPSA) is 59.0 Å². The Morgan fingerprint density at radius 1 is 1.38 bits per heavy atom. The average Bonchev–Trinajstić information content (AvgIpc) is 2.96. The molecule has 0 radical (unpaired) electrons. The van der Waals surface area contributed by atoms with Crippen LogP contribution in [-0.4, -0.2) is 40.9 Å². The predicted molar refractivity (Wildman–Crippen MR) is 86.0 cm³/mol. The molecule has 24 heavy (non-hydrogen) atoms. The molecule has 0 spiro atoms. The van der Waals surface area contributed by atoms with Gasteiger partial charge in [-0.15, -0.1) is 0 Å². The van der Waals surface area contributed by atoms with Crippen LogP contribution in [0.4, 0.5) is 9.18 Å². The summed E-state index contributed by atoms with van der Waals surface area (Å²) >= 11 is 0. The Labute approximate surface area is 141 Å². The van der Waals surface area contributed by atoms with E-state index in [9.17, 15) is 14.3 Å². The lowest BCUT2D eigenvalue weighted by Gasteiger charge is -2.37. The van der Waals surface area contributed by atoms with Crippen molar-refractivity contribution in [2.45, 2.75) is 57.5 Å². The van der Waals surface area contributed by atoms with E-state index in [4.69, 9.17) is 9.47 Å². The lowest BCUT2D eigenvalue weighted by Crippen LogP contribution is -2.44. The minimum Gasteiger partial charge on any atom is -0.444 e. The van der Waals surface area contributed by atoms with Crippen LogP contribution in [0.1, 0.15) is 56.9 Å². The first-order valence-corrected chi connectivity index (χ1v) is 8.35. The van der Waals surface area contributed by atoms with Gasteiger partial charge in [-0.1, -0.05) is 6.07 Å². The second-order valence-corrected chi connectivity index (χ2v) is 7.43. The molecule has 1 fully saturated rings. The molecule has 2 unspecified atom stereocenters. The first-order chi connectivity index (χ1) is 11.3. The monoisotopic (exact) mass is 337 g/mol. The van der Waals surface area contributed by atoms with E-state index in [-0.39, 0.29) is 30.7 Å². The van der Waals surface area contributed by atoms with Gasteiger partial charge in [-0.3, -0.25) is 0 Å². The Hall–Kier alpha value is -1.66. The van der Waals surface area contributed by atoms with Gasteiger partial charge in [0.1, 0.15) is 23.6 Å². The summed E-state index contributed by atoms with van der Waals surface area (Å²) in [6.45, 7) is 6.21. The van der Waals surface area contributed by atoms with Gasteiger partial charge in [-0.25, -0.2) is 9.18 Å². The molecule has 0 aliphatic carbocycles. The van der Waals surface area contributed by atoms with Crippen LogP contribution < -0.4 is 0 Å². The number of benzene rings is 1. The lowest BCUT2D eigenvalue weighted by atomic mass is 9.91. The maximum Gasteiger partial charge on any atom is 0.410 e. The van der Waals surface area contributed by atoms with Crippen molar-refractivity contribution < 1.29 is 23.8 Å². The van der Waals surface area contributed by atoms with E-state index in [2.05, 4.69) is 0 Å². The highest BCUT2D eigenvalue weighted by atomic mass is 19.1. The first kappa shape index (κ1) is 17.2. The highest BCUT2D eigenvalue weighted by Gasteiger charge is 2.41. The number of halogens is 1. The maximum atomic E-state index is 13.5. The number of ether oxygens (including phenoxy) is 2. The van der Waals surface area contributed by atoms with Crippen molar-refractivity contribution in [3.05, 3.63) is 35.1 Å². The van der Waals surface area contributed by atoms with Crippen molar-refractivity contribution >= 4 is 6.09 Å². The smallest absolute Gasteiger partial charge is 0.410 e. The molecular weight excluding hydrogens is 313 g/mol. The molecule has 0 bridgehead atoms. The SMILES string of the molecule is CC(C)(C)OC(=O)N1CCC[C@H]1C1OCC(O)c2cc(F)ccc21. The van der Waals surface area contributed by atoms with E-state index in [1.807, 2.05) is 20.8 Å². The molecule has 6 heteroatoms. The minimum absolute atomic E-state index is 0.0970. The molecule has 1 amide bonds. The molecule has 1 saturated heterocycles. The summed E-state index contributed by atoms with van der Waals surface area (Å²) in [7, 11) is 0. The molecule has 2 aliphatic heterocycles. The number of nitrogens with zero attached hydrogens (tertiary/aromatic N) is 1. The number of hydrogen-bond acceptors (Lipinski definition) is 4.